The van der Waals surface area contributed by atoms with Gasteiger partial charge in [0.2, 0.25) is 0 Å². The Kier molecular flexibility index (Phi) is 4.86. The summed E-state index contributed by atoms with van der Waals surface area (Å²) in [6.45, 7) is 3.00. The maximum atomic E-state index is 13.4. The summed E-state index contributed by atoms with van der Waals surface area (Å²) < 4.78 is 0. The fourth-order valence-corrected chi connectivity index (χ4v) is 5.49. The molecule has 6 atom stereocenters. The average Bonchev–Trinajstić information content (AvgIpc) is 2.69. The molecule has 0 aromatic heterocycles. The fraction of sp³-hybridized carbons (Fsp3) is 0.650. The second-order valence-corrected chi connectivity index (χ2v) is 8.78. The summed E-state index contributed by atoms with van der Waals surface area (Å²) >= 11 is 0. The quantitative estimate of drug-likeness (QED) is 0.373. The number of piperidine rings is 2. The summed E-state index contributed by atoms with van der Waals surface area (Å²) in [5, 5.41) is 49.8. The van der Waals surface area contributed by atoms with E-state index in [1.54, 1.807) is 0 Å². The monoisotopic (exact) mass is 392 g/mol. The van der Waals surface area contributed by atoms with Gasteiger partial charge in [0.15, 0.2) is 5.78 Å². The van der Waals surface area contributed by atoms with E-state index >= 15 is 0 Å². The van der Waals surface area contributed by atoms with Crippen molar-refractivity contribution in [2.24, 2.45) is 5.41 Å². The van der Waals surface area contributed by atoms with Gasteiger partial charge in [-0.25, -0.2) is 0 Å². The predicted octanol–water partition coefficient (Wildman–Crippen LogP) is -2.09. The highest BCUT2D eigenvalue weighted by Gasteiger charge is 2.65. The number of aliphatic hydroxyl groups excluding tert-OH is 5. The third-order valence-corrected chi connectivity index (χ3v) is 6.69. The Hall–Kier alpha value is -1.39. The van der Waals surface area contributed by atoms with Crippen LogP contribution in [0.15, 0.2) is 30.3 Å². The third-order valence-electron chi connectivity index (χ3n) is 6.69. The zero-order chi connectivity index (χ0) is 20.3. The summed E-state index contributed by atoms with van der Waals surface area (Å²) in [5.74, 6) is 0.211. The number of carbonyl (C=O) groups excluding carboxylic acids is 1. The Labute approximate surface area is 163 Å². The molecule has 8 heteroatoms. The molecule has 28 heavy (non-hydrogen) atoms. The molecule has 2 unspecified atom stereocenters. The van der Waals surface area contributed by atoms with Gasteiger partial charge in [0.25, 0.3) is 0 Å². The highest BCUT2D eigenvalue weighted by Crippen LogP contribution is 2.50. The van der Waals surface area contributed by atoms with Crippen molar-refractivity contribution in [2.45, 2.75) is 42.9 Å². The Bertz CT molecular complexity index is 727. The first-order chi connectivity index (χ1) is 13.2. The van der Waals surface area contributed by atoms with E-state index in [1.165, 1.54) is 0 Å². The molecule has 4 aliphatic heterocycles. The zero-order valence-electron chi connectivity index (χ0n) is 15.8. The van der Waals surface area contributed by atoms with Crippen LogP contribution in [-0.2, 0) is 10.2 Å². The lowest BCUT2D eigenvalue weighted by Crippen LogP contribution is -2.82. The van der Waals surface area contributed by atoms with Crippen molar-refractivity contribution in [3.63, 3.8) is 0 Å². The normalized spacial score (nSPS) is 40.9. The third kappa shape index (κ3) is 2.75. The van der Waals surface area contributed by atoms with Crippen LogP contribution in [0, 0.1) is 5.41 Å². The lowest BCUT2D eigenvalue weighted by atomic mass is 9.58. The van der Waals surface area contributed by atoms with Crippen LogP contribution in [0.4, 0.5) is 0 Å². The van der Waals surface area contributed by atoms with Crippen LogP contribution in [0.5, 0.6) is 0 Å². The number of aliphatic hydroxyl groups is 5. The number of benzene rings is 1. The van der Waals surface area contributed by atoms with Crippen molar-refractivity contribution in [2.75, 3.05) is 32.8 Å². The number of hydrogen-bond donors (Lipinski definition) is 5. The van der Waals surface area contributed by atoms with Gasteiger partial charge in [-0.05, 0) is 5.56 Å². The molecule has 4 saturated heterocycles. The molecule has 154 valence electrons. The first-order valence-electron chi connectivity index (χ1n) is 9.65. The molecule has 0 saturated carbocycles. The molecule has 0 aliphatic carbocycles. The Morgan fingerprint density at radius 1 is 1.00 bits per heavy atom. The molecule has 0 radical (unpaired) electrons. The number of Topliss-reactive ketones (excluding diaryl/α,β-unsaturated/α-hetero) is 1. The number of rotatable bonds is 6. The number of nitrogens with zero attached hydrogens (tertiary/aromatic N) is 2. The topological polar surface area (TPSA) is 125 Å². The molecule has 4 bridgehead atoms. The average molecular weight is 392 g/mol. The highest BCUT2D eigenvalue weighted by molar-refractivity contribution is 5.97. The van der Waals surface area contributed by atoms with Crippen LogP contribution < -0.4 is 0 Å². The smallest absolute Gasteiger partial charge is 0.154 e. The van der Waals surface area contributed by atoms with Crippen molar-refractivity contribution in [3.8, 4) is 0 Å². The predicted molar refractivity (Wildman–Crippen MR) is 99.3 cm³/mol. The Balaban J connectivity index is 1.64. The van der Waals surface area contributed by atoms with Gasteiger partial charge in [-0.2, -0.15) is 0 Å². The van der Waals surface area contributed by atoms with Gasteiger partial charge in [-0.3, -0.25) is 14.6 Å². The fourth-order valence-electron chi connectivity index (χ4n) is 5.49. The van der Waals surface area contributed by atoms with E-state index in [2.05, 4.69) is 0 Å². The van der Waals surface area contributed by atoms with E-state index in [0.717, 1.165) is 5.56 Å². The summed E-state index contributed by atoms with van der Waals surface area (Å²) in [6, 6.07) is 9.65. The Morgan fingerprint density at radius 3 is 2.11 bits per heavy atom. The van der Waals surface area contributed by atoms with E-state index < -0.39 is 48.0 Å². The molecule has 4 fully saturated rings. The lowest BCUT2D eigenvalue weighted by Gasteiger charge is -2.66. The molecule has 8 nitrogen and oxygen atoms in total. The van der Waals surface area contributed by atoms with Gasteiger partial charge in [-0.1, -0.05) is 37.3 Å². The van der Waals surface area contributed by atoms with Crippen LogP contribution in [-0.4, -0.2) is 104 Å². The van der Waals surface area contributed by atoms with E-state index in [1.807, 2.05) is 47.1 Å². The number of carbonyl (C=O) groups is 1. The molecular formula is C20H28N2O6. The van der Waals surface area contributed by atoms with Gasteiger partial charge >= 0.3 is 0 Å². The summed E-state index contributed by atoms with van der Waals surface area (Å²) in [7, 11) is 0. The van der Waals surface area contributed by atoms with Crippen LogP contribution in [0.3, 0.4) is 0 Å². The lowest BCUT2D eigenvalue weighted by molar-refractivity contribution is -0.219. The molecule has 5 N–H and O–H groups in total. The molecule has 1 aromatic rings. The minimum atomic E-state index is -1.67. The maximum absolute atomic E-state index is 13.4. The van der Waals surface area contributed by atoms with Crippen molar-refractivity contribution in [3.05, 3.63) is 35.9 Å². The zero-order valence-corrected chi connectivity index (χ0v) is 15.8. The van der Waals surface area contributed by atoms with Gasteiger partial charge in [-0.15, -0.1) is 0 Å². The van der Waals surface area contributed by atoms with Crippen LogP contribution in [0.25, 0.3) is 0 Å². The molecule has 4 heterocycles. The van der Waals surface area contributed by atoms with Crippen molar-refractivity contribution >= 4 is 5.78 Å². The second kappa shape index (κ2) is 6.84. The van der Waals surface area contributed by atoms with Crippen LogP contribution in [0.2, 0.25) is 0 Å². The standard InChI is InChI=1S/C20H28N2O6/c1-19-8-21-10-20(18(19)28,12-5-3-2-4-6-12)11-22(9-19)17(21)16(27)15(26)14(25)13(24)7-23/h2-6,13-17,23-27H,7-11H2,1H3/t13-,14-,15-,16-,17?,19?,20?/m1/s1. The first-order valence-corrected chi connectivity index (χ1v) is 9.65. The molecular weight excluding hydrogens is 364 g/mol. The number of ketones is 1. The first kappa shape index (κ1) is 19.9. The van der Waals surface area contributed by atoms with Gasteiger partial charge < -0.3 is 25.5 Å². The summed E-state index contributed by atoms with van der Waals surface area (Å²) in [4.78, 5) is 17.4. The van der Waals surface area contributed by atoms with Gasteiger partial charge in [0.1, 0.15) is 24.4 Å². The summed E-state index contributed by atoms with van der Waals surface area (Å²) in [6.07, 6.45) is -6.77. The van der Waals surface area contributed by atoms with Crippen LogP contribution >= 0.6 is 0 Å². The van der Waals surface area contributed by atoms with Crippen molar-refractivity contribution < 1.29 is 30.3 Å². The largest absolute Gasteiger partial charge is 0.394 e. The van der Waals surface area contributed by atoms with Crippen molar-refractivity contribution in [1.82, 2.24) is 9.80 Å². The van der Waals surface area contributed by atoms with Crippen LogP contribution in [0.1, 0.15) is 12.5 Å². The molecule has 4 aliphatic rings. The van der Waals surface area contributed by atoms with E-state index in [9.17, 15) is 25.2 Å². The van der Waals surface area contributed by atoms with E-state index in [-0.39, 0.29) is 5.78 Å². The molecule has 0 amide bonds. The van der Waals surface area contributed by atoms with Gasteiger partial charge in [0, 0.05) is 26.2 Å². The van der Waals surface area contributed by atoms with E-state index in [4.69, 9.17) is 5.11 Å². The highest BCUT2D eigenvalue weighted by atomic mass is 16.4. The molecule has 0 spiro atoms. The minimum Gasteiger partial charge on any atom is -0.394 e. The Morgan fingerprint density at radius 2 is 1.57 bits per heavy atom. The minimum absolute atomic E-state index is 0.211. The molecule has 5 rings (SSSR count). The summed E-state index contributed by atoms with van der Waals surface area (Å²) in [5.41, 5.74) is -0.307. The van der Waals surface area contributed by atoms with Crippen molar-refractivity contribution in [1.29, 1.82) is 0 Å². The molecule has 1 aromatic carbocycles. The van der Waals surface area contributed by atoms with E-state index in [0.29, 0.717) is 26.2 Å². The maximum Gasteiger partial charge on any atom is 0.154 e. The SMILES string of the molecule is CC12CN3CC(c4ccccc4)(CN(C1)C3[C@H](O)[C@H](O)[C@H](O)[C@H](O)CO)C2=O. The number of hydrogen-bond acceptors (Lipinski definition) is 8. The van der Waals surface area contributed by atoms with Gasteiger partial charge in [0.05, 0.1) is 23.6 Å². The second-order valence-electron chi connectivity index (χ2n) is 8.78.